The molecule has 1 aromatic heterocycles. The first-order valence-corrected chi connectivity index (χ1v) is 5.83. The van der Waals surface area contributed by atoms with Crippen molar-refractivity contribution in [2.45, 2.75) is 20.8 Å². The van der Waals surface area contributed by atoms with E-state index in [2.05, 4.69) is 10.1 Å². The highest BCUT2D eigenvalue weighted by Gasteiger charge is 2.04. The molecule has 0 atom stereocenters. The van der Waals surface area contributed by atoms with Crippen LogP contribution < -0.4 is 4.74 Å². The fraction of sp³-hybridized carbons (Fsp3) is 0.286. The number of ether oxygens (including phenoxy) is 1. The number of aromatic nitrogens is 2. The summed E-state index contributed by atoms with van der Waals surface area (Å²) in [4.78, 5) is 4.57. The van der Waals surface area contributed by atoms with Crippen molar-refractivity contribution in [3.63, 3.8) is 0 Å². The zero-order chi connectivity index (χ0) is 13.1. The summed E-state index contributed by atoms with van der Waals surface area (Å²) in [5, 5.41) is 4.33. The van der Waals surface area contributed by atoms with Crippen LogP contribution in [0.15, 0.2) is 35.5 Å². The molecule has 0 unspecified atom stereocenters. The number of rotatable bonds is 2. The lowest BCUT2D eigenvalue weighted by Gasteiger charge is -2.07. The average Bonchev–Trinajstić information content (AvgIpc) is 2.76. The molecule has 0 radical (unpaired) electrons. The van der Waals surface area contributed by atoms with Crippen LogP contribution in [-0.2, 0) is 0 Å². The Morgan fingerprint density at radius 2 is 2.06 bits per heavy atom. The van der Waals surface area contributed by atoms with Crippen LogP contribution in [0.1, 0.15) is 18.2 Å². The number of hydrogen-bond acceptors (Lipinski definition) is 3. The van der Waals surface area contributed by atoms with Gasteiger partial charge in [-0.3, -0.25) is 0 Å². The van der Waals surface area contributed by atoms with Crippen LogP contribution in [0.4, 0.5) is 5.69 Å². The molecule has 0 aliphatic carbocycles. The minimum Gasteiger partial charge on any atom is -0.494 e. The normalized spacial score (nSPS) is 11.7. The van der Waals surface area contributed by atoms with Crippen LogP contribution in [0.25, 0.3) is 0 Å². The lowest BCUT2D eigenvalue weighted by Crippen LogP contribution is -2.07. The zero-order valence-electron chi connectivity index (χ0n) is 11.1. The van der Waals surface area contributed by atoms with Gasteiger partial charge in [-0.2, -0.15) is 5.10 Å². The summed E-state index contributed by atoms with van der Waals surface area (Å²) in [6.45, 7) is 5.91. The molecule has 0 spiro atoms. The molecule has 4 nitrogen and oxygen atoms in total. The highest BCUT2D eigenvalue weighted by molar-refractivity contribution is 5.84. The highest BCUT2D eigenvalue weighted by Crippen LogP contribution is 2.28. The topological polar surface area (TPSA) is 39.4 Å². The van der Waals surface area contributed by atoms with Gasteiger partial charge in [-0.15, -0.1) is 0 Å². The van der Waals surface area contributed by atoms with Crippen molar-refractivity contribution in [3.05, 3.63) is 41.7 Å². The average molecular weight is 243 g/mol. The summed E-state index contributed by atoms with van der Waals surface area (Å²) in [5.41, 5.74) is 2.95. The maximum atomic E-state index is 5.31. The van der Waals surface area contributed by atoms with E-state index in [1.165, 1.54) is 0 Å². The van der Waals surface area contributed by atoms with Crippen molar-refractivity contribution < 1.29 is 4.74 Å². The number of methoxy groups -OCH3 is 1. The Morgan fingerprint density at radius 1 is 1.28 bits per heavy atom. The lowest BCUT2D eigenvalue weighted by atomic mass is 10.2. The van der Waals surface area contributed by atoms with Crippen molar-refractivity contribution in [3.8, 4) is 5.75 Å². The standard InChI is InChI=1S/C14H17N3O/c1-10-5-6-14(18-4)13(9-10)15-12(3)17-8-7-11(2)16-17/h5-9H,1-4H3. The van der Waals surface area contributed by atoms with Gasteiger partial charge < -0.3 is 4.74 Å². The molecule has 18 heavy (non-hydrogen) atoms. The fourth-order valence-electron chi connectivity index (χ4n) is 1.71. The third kappa shape index (κ3) is 2.59. The van der Waals surface area contributed by atoms with E-state index in [1.807, 2.05) is 51.2 Å². The maximum absolute atomic E-state index is 5.31. The SMILES string of the molecule is COc1ccc(C)cc1N=C(C)n1ccc(C)n1. The molecule has 1 heterocycles. The number of aryl methyl sites for hydroxylation is 2. The maximum Gasteiger partial charge on any atom is 0.144 e. The van der Waals surface area contributed by atoms with Crippen LogP contribution >= 0.6 is 0 Å². The van der Waals surface area contributed by atoms with Gasteiger partial charge in [0.25, 0.3) is 0 Å². The van der Waals surface area contributed by atoms with Crippen LogP contribution in [0, 0.1) is 13.8 Å². The Balaban J connectivity index is 2.40. The number of nitrogens with zero attached hydrogens (tertiary/aromatic N) is 3. The van der Waals surface area contributed by atoms with E-state index in [4.69, 9.17) is 4.74 Å². The predicted octanol–water partition coefficient (Wildman–Crippen LogP) is 3.11. The van der Waals surface area contributed by atoms with Gasteiger partial charge in [-0.1, -0.05) is 6.07 Å². The van der Waals surface area contributed by atoms with Gasteiger partial charge in [-0.25, -0.2) is 9.67 Å². The molecule has 2 rings (SSSR count). The summed E-state index contributed by atoms with van der Waals surface area (Å²) in [5.74, 6) is 1.58. The van der Waals surface area contributed by atoms with Gasteiger partial charge in [0.1, 0.15) is 17.3 Å². The second-order valence-corrected chi connectivity index (χ2v) is 4.24. The van der Waals surface area contributed by atoms with Gasteiger partial charge >= 0.3 is 0 Å². The molecular weight excluding hydrogens is 226 g/mol. The third-order valence-corrected chi connectivity index (χ3v) is 2.67. The molecule has 0 aliphatic rings. The molecular formula is C14H17N3O. The molecule has 0 bridgehead atoms. The number of hydrogen-bond donors (Lipinski definition) is 0. The van der Waals surface area contributed by atoms with E-state index in [0.717, 1.165) is 28.5 Å². The lowest BCUT2D eigenvalue weighted by molar-refractivity contribution is 0.416. The van der Waals surface area contributed by atoms with Gasteiger partial charge in [-0.05, 0) is 44.5 Å². The first-order valence-electron chi connectivity index (χ1n) is 5.83. The number of benzene rings is 1. The summed E-state index contributed by atoms with van der Waals surface area (Å²) in [6, 6.07) is 7.88. The number of aliphatic imine (C=N–C) groups is 1. The largest absolute Gasteiger partial charge is 0.494 e. The minimum absolute atomic E-state index is 0.767. The monoisotopic (exact) mass is 243 g/mol. The molecule has 0 N–H and O–H groups in total. The van der Waals surface area contributed by atoms with Crippen molar-refractivity contribution in [1.82, 2.24) is 9.78 Å². The van der Waals surface area contributed by atoms with Gasteiger partial charge in [0.05, 0.1) is 12.8 Å². The second-order valence-electron chi connectivity index (χ2n) is 4.24. The van der Waals surface area contributed by atoms with E-state index in [9.17, 15) is 0 Å². The smallest absolute Gasteiger partial charge is 0.144 e. The highest BCUT2D eigenvalue weighted by atomic mass is 16.5. The van der Waals surface area contributed by atoms with E-state index in [-0.39, 0.29) is 0 Å². The van der Waals surface area contributed by atoms with Crippen molar-refractivity contribution in [1.29, 1.82) is 0 Å². The van der Waals surface area contributed by atoms with Gasteiger partial charge in [0, 0.05) is 6.20 Å². The Morgan fingerprint density at radius 3 is 2.67 bits per heavy atom. The predicted molar refractivity (Wildman–Crippen MR) is 72.9 cm³/mol. The summed E-state index contributed by atoms with van der Waals surface area (Å²) in [6.07, 6.45) is 1.90. The summed E-state index contributed by atoms with van der Waals surface area (Å²) >= 11 is 0. The molecule has 0 fully saturated rings. The van der Waals surface area contributed by atoms with Crippen molar-refractivity contribution in [2.75, 3.05) is 7.11 Å². The Kier molecular flexibility index (Phi) is 3.46. The molecule has 4 heteroatoms. The molecule has 94 valence electrons. The molecule has 0 aliphatic heterocycles. The minimum atomic E-state index is 0.767. The molecule has 0 saturated carbocycles. The van der Waals surface area contributed by atoms with Gasteiger partial charge in [0.2, 0.25) is 0 Å². The Hall–Kier alpha value is -2.10. The van der Waals surface area contributed by atoms with Crippen LogP contribution in [0.2, 0.25) is 0 Å². The van der Waals surface area contributed by atoms with Crippen LogP contribution in [0.3, 0.4) is 0 Å². The van der Waals surface area contributed by atoms with E-state index >= 15 is 0 Å². The van der Waals surface area contributed by atoms with Gasteiger partial charge in [0.15, 0.2) is 0 Å². The summed E-state index contributed by atoms with van der Waals surface area (Å²) < 4.78 is 7.07. The van der Waals surface area contributed by atoms with E-state index in [1.54, 1.807) is 11.8 Å². The first kappa shape index (κ1) is 12.4. The molecule has 2 aromatic rings. The molecule has 0 saturated heterocycles. The quantitative estimate of drug-likeness (QED) is 0.600. The zero-order valence-corrected chi connectivity index (χ0v) is 11.1. The van der Waals surface area contributed by atoms with Crippen LogP contribution in [-0.4, -0.2) is 22.7 Å². The second kappa shape index (κ2) is 5.04. The van der Waals surface area contributed by atoms with Crippen LogP contribution in [0.5, 0.6) is 5.75 Å². The fourth-order valence-corrected chi connectivity index (χ4v) is 1.71. The Bertz CT molecular complexity index is 584. The molecule has 0 amide bonds. The van der Waals surface area contributed by atoms with E-state index < -0.39 is 0 Å². The summed E-state index contributed by atoms with van der Waals surface area (Å²) in [7, 11) is 1.65. The van der Waals surface area contributed by atoms with Crippen molar-refractivity contribution in [2.24, 2.45) is 4.99 Å². The van der Waals surface area contributed by atoms with E-state index in [0.29, 0.717) is 0 Å². The first-order chi connectivity index (χ1) is 8.60. The van der Waals surface area contributed by atoms with Crippen molar-refractivity contribution >= 4 is 11.5 Å². The third-order valence-electron chi connectivity index (χ3n) is 2.67. The Labute approximate surface area is 107 Å². The molecule has 1 aromatic carbocycles.